The third kappa shape index (κ3) is 2.21. The molecule has 5 nitrogen and oxygen atoms in total. The lowest BCUT2D eigenvalue weighted by Gasteiger charge is -2.17. The first-order valence-corrected chi connectivity index (χ1v) is 7.03. The maximum atomic E-state index is 12.5. The van der Waals surface area contributed by atoms with Gasteiger partial charge in [-0.15, -0.1) is 0 Å². The molecule has 5 heteroatoms. The first-order valence-electron chi connectivity index (χ1n) is 7.03. The minimum atomic E-state index is -0.273. The third-order valence-corrected chi connectivity index (χ3v) is 3.65. The molecule has 0 aromatic heterocycles. The Kier molecular flexibility index (Phi) is 3.56. The summed E-state index contributed by atoms with van der Waals surface area (Å²) in [6, 6.07) is 11.3. The number of benzene rings is 2. The van der Waals surface area contributed by atoms with Gasteiger partial charge >= 0.3 is 0 Å². The van der Waals surface area contributed by atoms with Crippen LogP contribution in [0.15, 0.2) is 42.5 Å². The molecule has 0 radical (unpaired) electrons. The van der Waals surface area contributed by atoms with E-state index in [-0.39, 0.29) is 23.0 Å². The van der Waals surface area contributed by atoms with E-state index in [1.165, 1.54) is 6.07 Å². The van der Waals surface area contributed by atoms with Crippen molar-refractivity contribution in [2.45, 2.75) is 0 Å². The van der Waals surface area contributed by atoms with Crippen LogP contribution in [0.3, 0.4) is 0 Å². The summed E-state index contributed by atoms with van der Waals surface area (Å²) in [6.45, 7) is 1.05. The van der Waals surface area contributed by atoms with Crippen LogP contribution in [0, 0.1) is 0 Å². The Morgan fingerprint density at radius 2 is 1.50 bits per heavy atom. The van der Waals surface area contributed by atoms with Crippen molar-refractivity contribution in [2.24, 2.45) is 0 Å². The van der Waals surface area contributed by atoms with Gasteiger partial charge in [0.1, 0.15) is 0 Å². The average molecular weight is 295 g/mol. The molecule has 1 amide bonds. The van der Waals surface area contributed by atoms with Crippen molar-refractivity contribution in [1.29, 1.82) is 0 Å². The second-order valence-corrected chi connectivity index (χ2v) is 5.07. The number of hydrogen-bond acceptors (Lipinski definition) is 3. The molecule has 1 aliphatic rings. The van der Waals surface area contributed by atoms with Gasteiger partial charge in [-0.1, -0.05) is 24.3 Å². The fourth-order valence-corrected chi connectivity index (χ4v) is 2.54. The van der Waals surface area contributed by atoms with Crippen LogP contribution in [0.1, 0.15) is 42.2 Å². The number of hydrogen-bond donors (Lipinski definition) is 2. The molecule has 0 aliphatic heterocycles. The van der Waals surface area contributed by atoms with Gasteiger partial charge in [0.15, 0.2) is 11.6 Å². The highest BCUT2D eigenvalue weighted by Gasteiger charge is 2.29. The number of carbonyl (C=O) groups excluding carboxylic acids is 3. The molecule has 2 aromatic carbocycles. The van der Waals surface area contributed by atoms with Gasteiger partial charge in [-0.2, -0.15) is 0 Å². The van der Waals surface area contributed by atoms with E-state index in [1.54, 1.807) is 36.4 Å². The van der Waals surface area contributed by atoms with Crippen molar-refractivity contribution in [2.75, 3.05) is 13.1 Å². The van der Waals surface area contributed by atoms with Crippen molar-refractivity contribution in [3.63, 3.8) is 0 Å². The molecule has 4 N–H and O–H groups in total. The summed E-state index contributed by atoms with van der Waals surface area (Å²) in [4.78, 5) is 37.0. The summed E-state index contributed by atoms with van der Waals surface area (Å²) in [5, 5.41) is 2.70. The monoisotopic (exact) mass is 295 g/mol. The molecule has 110 valence electrons. The average Bonchev–Trinajstić information content (AvgIpc) is 2.57. The third-order valence-electron chi connectivity index (χ3n) is 3.65. The molecule has 0 bridgehead atoms. The number of fused-ring (bicyclic) bond motifs is 2. The van der Waals surface area contributed by atoms with Gasteiger partial charge in [0, 0.05) is 27.8 Å². The van der Waals surface area contributed by atoms with Crippen LogP contribution < -0.4 is 11.1 Å². The second-order valence-electron chi connectivity index (χ2n) is 5.07. The Balaban J connectivity index is 2.04. The van der Waals surface area contributed by atoms with Crippen LogP contribution in [0.2, 0.25) is 0 Å². The quantitative estimate of drug-likeness (QED) is 0.734. The smallest absolute Gasteiger partial charge is 0.251 e. The van der Waals surface area contributed by atoms with E-state index in [1.807, 2.05) is 0 Å². The normalized spacial score (nSPS) is 12.6. The minimum Gasteiger partial charge on any atom is -0.356 e. The van der Waals surface area contributed by atoms with Gasteiger partial charge in [-0.05, 0) is 18.2 Å². The standard InChI is InChI=1S/C17H14N2O3/c18-7-8-19-17(22)10-5-6-13-14(9-10)16(21)12-4-2-1-3-11(12)15(13)20/h1-6,9H,7-8,18H2,(H,19,22)/p+1. The number of ketones is 2. The highest BCUT2D eigenvalue weighted by atomic mass is 16.2. The molecule has 1 aliphatic carbocycles. The van der Waals surface area contributed by atoms with Crippen molar-refractivity contribution >= 4 is 17.5 Å². The zero-order valence-corrected chi connectivity index (χ0v) is 11.9. The van der Waals surface area contributed by atoms with E-state index in [0.29, 0.717) is 35.3 Å². The summed E-state index contributed by atoms with van der Waals surface area (Å²) in [7, 11) is 0. The topological polar surface area (TPSA) is 90.9 Å². The Morgan fingerprint density at radius 1 is 0.909 bits per heavy atom. The molecular weight excluding hydrogens is 280 g/mol. The van der Waals surface area contributed by atoms with E-state index in [2.05, 4.69) is 11.1 Å². The number of amides is 1. The molecule has 0 saturated carbocycles. The predicted octanol–water partition coefficient (Wildman–Crippen LogP) is 0.434. The molecule has 0 unspecified atom stereocenters. The van der Waals surface area contributed by atoms with Crippen LogP contribution in [0.5, 0.6) is 0 Å². The molecule has 3 rings (SSSR count). The summed E-state index contributed by atoms with van der Waals surface area (Å²) < 4.78 is 0. The second kappa shape index (κ2) is 5.54. The Hall–Kier alpha value is -2.79. The lowest BCUT2D eigenvalue weighted by Crippen LogP contribution is -2.54. The van der Waals surface area contributed by atoms with E-state index < -0.39 is 0 Å². The fourth-order valence-electron chi connectivity index (χ4n) is 2.54. The van der Waals surface area contributed by atoms with Crippen LogP contribution in [0.4, 0.5) is 0 Å². The number of rotatable bonds is 3. The van der Waals surface area contributed by atoms with Gasteiger partial charge in [0.05, 0.1) is 13.1 Å². The van der Waals surface area contributed by atoms with Gasteiger partial charge in [0.25, 0.3) is 5.91 Å². The highest BCUT2D eigenvalue weighted by Crippen LogP contribution is 2.27. The number of quaternary nitrogens is 1. The number of carbonyl (C=O) groups is 3. The van der Waals surface area contributed by atoms with Crippen LogP contribution >= 0.6 is 0 Å². The lowest BCUT2D eigenvalue weighted by atomic mass is 9.83. The zero-order valence-electron chi connectivity index (χ0n) is 11.9. The number of nitrogens with one attached hydrogen (secondary N) is 1. The fraction of sp³-hybridized carbons (Fsp3) is 0.118. The summed E-state index contributed by atoms with van der Waals surface area (Å²) in [5.74, 6) is -0.683. The van der Waals surface area contributed by atoms with Gasteiger partial charge < -0.3 is 11.1 Å². The summed E-state index contributed by atoms with van der Waals surface area (Å²) in [6.07, 6.45) is 0. The van der Waals surface area contributed by atoms with Crippen LogP contribution in [-0.2, 0) is 0 Å². The first kappa shape index (κ1) is 14.2. The van der Waals surface area contributed by atoms with Crippen molar-refractivity contribution in [3.8, 4) is 0 Å². The summed E-state index contributed by atoms with van der Waals surface area (Å²) >= 11 is 0. The van der Waals surface area contributed by atoms with E-state index in [0.717, 1.165) is 0 Å². The Labute approximate surface area is 127 Å². The van der Waals surface area contributed by atoms with E-state index in [9.17, 15) is 14.4 Å². The molecule has 22 heavy (non-hydrogen) atoms. The molecule has 0 atom stereocenters. The van der Waals surface area contributed by atoms with E-state index in [4.69, 9.17) is 0 Å². The van der Waals surface area contributed by atoms with E-state index >= 15 is 0 Å². The molecule has 2 aromatic rings. The van der Waals surface area contributed by atoms with Gasteiger partial charge in [-0.3, -0.25) is 14.4 Å². The van der Waals surface area contributed by atoms with Crippen molar-refractivity contribution in [1.82, 2.24) is 5.32 Å². The zero-order chi connectivity index (χ0) is 15.7. The summed E-state index contributed by atoms with van der Waals surface area (Å²) in [5.41, 5.74) is 5.45. The van der Waals surface area contributed by atoms with Crippen LogP contribution in [-0.4, -0.2) is 30.6 Å². The van der Waals surface area contributed by atoms with Crippen molar-refractivity contribution in [3.05, 3.63) is 70.3 Å². The van der Waals surface area contributed by atoms with Crippen LogP contribution in [0.25, 0.3) is 0 Å². The molecule has 0 saturated heterocycles. The molecule has 0 heterocycles. The predicted molar refractivity (Wildman–Crippen MR) is 79.8 cm³/mol. The maximum Gasteiger partial charge on any atom is 0.251 e. The largest absolute Gasteiger partial charge is 0.356 e. The maximum absolute atomic E-state index is 12.5. The molecule has 0 spiro atoms. The van der Waals surface area contributed by atoms with Gasteiger partial charge in [-0.25, -0.2) is 0 Å². The van der Waals surface area contributed by atoms with Gasteiger partial charge in [0.2, 0.25) is 0 Å². The van der Waals surface area contributed by atoms with Crippen molar-refractivity contribution < 1.29 is 20.1 Å². The molecular formula is C17H15N2O3+. The first-order chi connectivity index (χ1) is 10.6. The SMILES string of the molecule is [NH3+]CCNC(=O)c1ccc2c(c1)C(=O)c1ccccc1C2=O. The minimum absolute atomic E-state index is 0.185. The Morgan fingerprint density at radius 3 is 2.14 bits per heavy atom. The highest BCUT2D eigenvalue weighted by molar-refractivity contribution is 6.28. The Bertz CT molecular complexity index is 796. The molecule has 0 fully saturated rings. The lowest BCUT2D eigenvalue weighted by molar-refractivity contribution is -0.364.